The topological polar surface area (TPSA) is 75.5 Å². The molecule has 0 radical (unpaired) electrons. The van der Waals surface area contributed by atoms with E-state index in [0.717, 1.165) is 54.4 Å². The second-order valence-electron chi connectivity index (χ2n) is 7.05. The number of anilines is 2. The predicted molar refractivity (Wildman–Crippen MR) is 119 cm³/mol. The van der Waals surface area contributed by atoms with Crippen molar-refractivity contribution >= 4 is 28.1 Å². The van der Waals surface area contributed by atoms with Crippen molar-refractivity contribution in [1.29, 1.82) is 0 Å². The largest absolute Gasteiger partial charge is 0.465 e. The Kier molecular flexibility index (Phi) is 6.29. The number of piperazine rings is 1. The molecule has 1 N–H and O–H groups in total. The van der Waals surface area contributed by atoms with E-state index in [2.05, 4.69) is 32.2 Å². The quantitative estimate of drug-likeness (QED) is 0.582. The van der Waals surface area contributed by atoms with E-state index >= 15 is 0 Å². The minimum atomic E-state index is -0.356. The van der Waals surface area contributed by atoms with E-state index in [1.54, 1.807) is 17.4 Å². The molecule has 30 heavy (non-hydrogen) atoms. The third-order valence-corrected chi connectivity index (χ3v) is 6.31. The first-order valence-corrected chi connectivity index (χ1v) is 10.9. The molecule has 3 heterocycles. The molecule has 158 valence electrons. The number of aromatic nitrogens is 3. The van der Waals surface area contributed by atoms with Crippen molar-refractivity contribution in [2.45, 2.75) is 13.5 Å². The summed E-state index contributed by atoms with van der Waals surface area (Å²) in [6, 6.07) is 11.4. The van der Waals surface area contributed by atoms with Crippen LogP contribution in [-0.4, -0.2) is 65.5 Å². The van der Waals surface area contributed by atoms with Crippen molar-refractivity contribution in [2.75, 3.05) is 50.1 Å². The molecule has 0 unspecified atom stereocenters. The van der Waals surface area contributed by atoms with E-state index in [9.17, 15) is 4.79 Å². The molecule has 9 heteroatoms. The van der Waals surface area contributed by atoms with Crippen molar-refractivity contribution < 1.29 is 9.53 Å². The highest BCUT2D eigenvalue weighted by molar-refractivity contribution is 7.17. The van der Waals surface area contributed by atoms with Gasteiger partial charge in [0, 0.05) is 43.8 Å². The standard InChI is InChI=1S/C21H26N6O2S/c1-3-25-11-13-26(14-12-25)20-23-24-21(30-20)27-10-6-7-16(27)15-22-18-9-5-4-8-17(18)19(28)29-2/h4-10,22H,3,11-15H2,1-2H3. The monoisotopic (exact) mass is 426 g/mol. The van der Waals surface area contributed by atoms with Crippen LogP contribution in [0.25, 0.3) is 5.13 Å². The Bertz CT molecular complexity index is 993. The smallest absolute Gasteiger partial charge is 0.339 e. The van der Waals surface area contributed by atoms with Gasteiger partial charge in [0.15, 0.2) is 0 Å². The lowest BCUT2D eigenvalue weighted by atomic mass is 10.2. The third kappa shape index (κ3) is 4.31. The summed E-state index contributed by atoms with van der Waals surface area (Å²) in [4.78, 5) is 16.7. The number of hydrogen-bond acceptors (Lipinski definition) is 8. The fourth-order valence-corrected chi connectivity index (χ4v) is 4.46. The molecule has 1 saturated heterocycles. The maximum Gasteiger partial charge on any atom is 0.339 e. The van der Waals surface area contributed by atoms with Gasteiger partial charge < -0.3 is 19.9 Å². The number of nitrogens with zero attached hydrogens (tertiary/aromatic N) is 5. The van der Waals surface area contributed by atoms with Gasteiger partial charge in [-0.25, -0.2) is 4.79 Å². The summed E-state index contributed by atoms with van der Waals surface area (Å²) < 4.78 is 6.91. The van der Waals surface area contributed by atoms with Crippen molar-refractivity contribution in [3.05, 3.63) is 53.9 Å². The molecule has 0 atom stereocenters. The second kappa shape index (κ2) is 9.27. The summed E-state index contributed by atoms with van der Waals surface area (Å²) in [6.45, 7) is 7.91. The summed E-state index contributed by atoms with van der Waals surface area (Å²) in [5.41, 5.74) is 2.29. The first-order valence-electron chi connectivity index (χ1n) is 10.1. The zero-order valence-electron chi connectivity index (χ0n) is 17.2. The van der Waals surface area contributed by atoms with Gasteiger partial charge in [-0.3, -0.25) is 4.57 Å². The highest BCUT2D eigenvalue weighted by Crippen LogP contribution is 2.26. The lowest BCUT2D eigenvalue weighted by molar-refractivity contribution is 0.0602. The summed E-state index contributed by atoms with van der Waals surface area (Å²) in [6.07, 6.45) is 1.99. The number of benzene rings is 1. The summed E-state index contributed by atoms with van der Waals surface area (Å²) >= 11 is 1.60. The second-order valence-corrected chi connectivity index (χ2v) is 7.98. The molecule has 4 rings (SSSR count). The van der Waals surface area contributed by atoms with E-state index in [0.29, 0.717) is 12.1 Å². The average molecular weight is 427 g/mol. The Morgan fingerprint density at radius 1 is 1.10 bits per heavy atom. The molecular weight excluding hydrogens is 400 g/mol. The van der Waals surface area contributed by atoms with E-state index in [1.807, 2.05) is 41.1 Å². The number of ether oxygens (including phenoxy) is 1. The highest BCUT2D eigenvalue weighted by atomic mass is 32.1. The summed E-state index contributed by atoms with van der Waals surface area (Å²) in [5.74, 6) is -0.356. The minimum Gasteiger partial charge on any atom is -0.465 e. The highest BCUT2D eigenvalue weighted by Gasteiger charge is 2.20. The van der Waals surface area contributed by atoms with Crippen LogP contribution in [0.2, 0.25) is 0 Å². The van der Waals surface area contributed by atoms with Crippen LogP contribution in [-0.2, 0) is 11.3 Å². The molecule has 1 fully saturated rings. The maximum atomic E-state index is 12.0. The normalized spacial score (nSPS) is 14.7. The molecule has 0 aliphatic carbocycles. The van der Waals surface area contributed by atoms with Crippen LogP contribution in [0.4, 0.5) is 10.8 Å². The van der Waals surface area contributed by atoms with Crippen LogP contribution in [0, 0.1) is 0 Å². The molecule has 2 aromatic heterocycles. The number of hydrogen-bond donors (Lipinski definition) is 1. The van der Waals surface area contributed by atoms with Crippen LogP contribution in [0.5, 0.6) is 0 Å². The molecule has 1 aliphatic rings. The fraction of sp³-hybridized carbons (Fsp3) is 0.381. The van der Waals surface area contributed by atoms with E-state index < -0.39 is 0 Å². The molecular formula is C21H26N6O2S. The van der Waals surface area contributed by atoms with Crippen LogP contribution in [0.3, 0.4) is 0 Å². The van der Waals surface area contributed by atoms with E-state index in [4.69, 9.17) is 4.74 Å². The first-order chi connectivity index (χ1) is 14.7. The van der Waals surface area contributed by atoms with Gasteiger partial charge in [-0.05, 0) is 30.8 Å². The number of nitrogens with one attached hydrogen (secondary N) is 1. The van der Waals surface area contributed by atoms with Gasteiger partial charge in [0.05, 0.1) is 19.2 Å². The van der Waals surface area contributed by atoms with Crippen molar-refractivity contribution in [1.82, 2.24) is 19.7 Å². The molecule has 1 aliphatic heterocycles. The molecule has 0 amide bonds. The lowest BCUT2D eigenvalue weighted by Crippen LogP contribution is -2.46. The number of rotatable bonds is 7. The minimum absolute atomic E-state index is 0.356. The van der Waals surface area contributed by atoms with Crippen LogP contribution in [0.1, 0.15) is 23.0 Å². The van der Waals surface area contributed by atoms with Gasteiger partial charge in [0.2, 0.25) is 10.3 Å². The predicted octanol–water partition coefficient (Wildman–Crippen LogP) is 2.87. The van der Waals surface area contributed by atoms with Crippen LogP contribution in [0.15, 0.2) is 42.6 Å². The Morgan fingerprint density at radius 3 is 2.63 bits per heavy atom. The van der Waals surface area contributed by atoms with Gasteiger partial charge in [-0.1, -0.05) is 30.4 Å². The number of esters is 1. The summed E-state index contributed by atoms with van der Waals surface area (Å²) in [7, 11) is 1.39. The Balaban J connectivity index is 1.46. The molecule has 3 aromatic rings. The number of carbonyl (C=O) groups is 1. The third-order valence-electron chi connectivity index (χ3n) is 5.33. The van der Waals surface area contributed by atoms with Crippen molar-refractivity contribution in [3.8, 4) is 5.13 Å². The average Bonchev–Trinajstić information content (AvgIpc) is 3.47. The van der Waals surface area contributed by atoms with Crippen molar-refractivity contribution in [3.63, 3.8) is 0 Å². The zero-order chi connectivity index (χ0) is 20.9. The first kappa shape index (κ1) is 20.4. The molecule has 0 spiro atoms. The summed E-state index contributed by atoms with van der Waals surface area (Å²) in [5, 5.41) is 14.0. The van der Waals surface area contributed by atoms with E-state index in [-0.39, 0.29) is 5.97 Å². The number of carbonyl (C=O) groups excluding carboxylic acids is 1. The van der Waals surface area contributed by atoms with Crippen molar-refractivity contribution in [2.24, 2.45) is 0 Å². The molecule has 1 aromatic carbocycles. The number of para-hydroxylation sites is 1. The van der Waals surface area contributed by atoms with Gasteiger partial charge >= 0.3 is 5.97 Å². The van der Waals surface area contributed by atoms with Crippen LogP contribution >= 0.6 is 11.3 Å². The Morgan fingerprint density at radius 2 is 1.87 bits per heavy atom. The van der Waals surface area contributed by atoms with Gasteiger partial charge in [-0.15, -0.1) is 10.2 Å². The molecule has 8 nitrogen and oxygen atoms in total. The fourth-order valence-electron chi connectivity index (χ4n) is 3.55. The van der Waals surface area contributed by atoms with Crippen LogP contribution < -0.4 is 10.2 Å². The number of likely N-dealkylation sites (N-methyl/N-ethyl adjacent to an activating group) is 1. The maximum absolute atomic E-state index is 12.0. The zero-order valence-corrected chi connectivity index (χ0v) is 18.1. The SMILES string of the molecule is CCN1CCN(c2nnc(-n3cccc3CNc3ccccc3C(=O)OC)s2)CC1. The molecule has 0 saturated carbocycles. The van der Waals surface area contributed by atoms with Gasteiger partial charge in [-0.2, -0.15) is 0 Å². The molecule has 0 bridgehead atoms. The van der Waals surface area contributed by atoms with E-state index in [1.165, 1.54) is 7.11 Å². The van der Waals surface area contributed by atoms with Gasteiger partial charge in [0.25, 0.3) is 0 Å². The van der Waals surface area contributed by atoms with Gasteiger partial charge in [0.1, 0.15) is 0 Å². The number of methoxy groups -OCH3 is 1. The Labute approximate surface area is 180 Å². The Hall–Kier alpha value is -2.91. The lowest BCUT2D eigenvalue weighted by Gasteiger charge is -2.33.